The molecule has 0 aliphatic heterocycles. The van der Waals surface area contributed by atoms with Crippen LogP contribution < -0.4 is 0 Å². The number of rotatable bonds is 3. The average Bonchev–Trinajstić information content (AvgIpc) is 1.86. The van der Waals surface area contributed by atoms with Crippen molar-refractivity contribution < 1.29 is 17.6 Å². The Morgan fingerprint density at radius 2 is 1.91 bits per heavy atom. The molecule has 1 atom stereocenters. The number of alkyl halides is 4. The van der Waals surface area contributed by atoms with Gasteiger partial charge in [-0.3, -0.25) is 4.39 Å². The normalized spacial score (nSPS) is 15.7. The molecule has 0 heterocycles. The summed E-state index contributed by atoms with van der Waals surface area (Å²) in [7, 11) is 0. The van der Waals surface area contributed by atoms with Crippen LogP contribution in [-0.4, -0.2) is 12.9 Å². The van der Waals surface area contributed by atoms with E-state index in [1.807, 2.05) is 0 Å². The molecule has 0 spiro atoms. The zero-order valence-electron chi connectivity index (χ0n) is 6.16. The predicted octanol–water partition coefficient (Wildman–Crippen LogP) is 3.10. The molecule has 0 rings (SSSR count). The Morgan fingerprint density at radius 1 is 1.36 bits per heavy atom. The van der Waals surface area contributed by atoms with E-state index < -0.39 is 18.8 Å². The molecule has 0 aliphatic rings. The molecule has 1 unspecified atom stereocenters. The molecule has 11 heavy (non-hydrogen) atoms. The van der Waals surface area contributed by atoms with Crippen molar-refractivity contribution >= 4 is 0 Å². The van der Waals surface area contributed by atoms with E-state index in [2.05, 4.69) is 0 Å². The standard InChI is InChI=1S/C7H10F4/c1-6(7(9,10)11)4-2-3-5-8/h2,4,6H,3,5H2,1H3. The minimum absolute atomic E-state index is 0.0560. The van der Waals surface area contributed by atoms with E-state index in [1.165, 1.54) is 6.08 Å². The van der Waals surface area contributed by atoms with Gasteiger partial charge in [0, 0.05) is 0 Å². The fourth-order valence-corrected chi connectivity index (χ4v) is 0.472. The Balaban J connectivity index is 3.77. The predicted molar refractivity (Wildman–Crippen MR) is 35.0 cm³/mol. The van der Waals surface area contributed by atoms with Crippen molar-refractivity contribution in [2.24, 2.45) is 5.92 Å². The third-order valence-electron chi connectivity index (χ3n) is 1.22. The summed E-state index contributed by atoms with van der Waals surface area (Å²) >= 11 is 0. The first-order valence-electron chi connectivity index (χ1n) is 3.28. The van der Waals surface area contributed by atoms with Crippen LogP contribution in [-0.2, 0) is 0 Å². The molecular formula is C7H10F4. The van der Waals surface area contributed by atoms with Crippen LogP contribution in [0.4, 0.5) is 17.6 Å². The van der Waals surface area contributed by atoms with Gasteiger partial charge >= 0.3 is 6.18 Å². The lowest BCUT2D eigenvalue weighted by atomic mass is 10.1. The van der Waals surface area contributed by atoms with Crippen LogP contribution in [0.25, 0.3) is 0 Å². The largest absolute Gasteiger partial charge is 0.394 e. The first-order valence-corrected chi connectivity index (χ1v) is 3.28. The molecule has 0 fully saturated rings. The van der Waals surface area contributed by atoms with Gasteiger partial charge < -0.3 is 0 Å². The Bertz CT molecular complexity index is 125. The van der Waals surface area contributed by atoms with Gasteiger partial charge in [-0.2, -0.15) is 13.2 Å². The summed E-state index contributed by atoms with van der Waals surface area (Å²) in [5, 5.41) is 0. The summed E-state index contributed by atoms with van der Waals surface area (Å²) in [4.78, 5) is 0. The van der Waals surface area contributed by atoms with Crippen molar-refractivity contribution in [1.82, 2.24) is 0 Å². The SMILES string of the molecule is CC(C=CCCF)C(F)(F)F. The van der Waals surface area contributed by atoms with E-state index in [4.69, 9.17) is 0 Å². The second-order valence-corrected chi connectivity index (χ2v) is 2.24. The average molecular weight is 170 g/mol. The van der Waals surface area contributed by atoms with Gasteiger partial charge in [0.1, 0.15) is 0 Å². The van der Waals surface area contributed by atoms with E-state index in [-0.39, 0.29) is 6.42 Å². The Kier molecular flexibility index (Phi) is 4.15. The van der Waals surface area contributed by atoms with Gasteiger partial charge in [-0.1, -0.05) is 19.1 Å². The zero-order chi connectivity index (χ0) is 8.91. The maximum Gasteiger partial charge on any atom is 0.394 e. The quantitative estimate of drug-likeness (QED) is 0.451. The van der Waals surface area contributed by atoms with Crippen molar-refractivity contribution in [3.63, 3.8) is 0 Å². The molecule has 0 saturated carbocycles. The number of allylic oxidation sites excluding steroid dienone is 2. The highest BCUT2D eigenvalue weighted by molar-refractivity contribution is 4.89. The lowest BCUT2D eigenvalue weighted by Crippen LogP contribution is -2.17. The van der Waals surface area contributed by atoms with Gasteiger partial charge in [-0.05, 0) is 6.42 Å². The van der Waals surface area contributed by atoms with Gasteiger partial charge in [0.05, 0.1) is 12.6 Å². The summed E-state index contributed by atoms with van der Waals surface area (Å²) in [6.07, 6.45) is -1.97. The first-order chi connectivity index (χ1) is 4.98. The molecule has 0 saturated heterocycles. The first kappa shape index (κ1) is 10.5. The van der Waals surface area contributed by atoms with Gasteiger partial charge in [0.2, 0.25) is 0 Å². The van der Waals surface area contributed by atoms with E-state index >= 15 is 0 Å². The maximum absolute atomic E-state index is 11.7. The van der Waals surface area contributed by atoms with Crippen LogP contribution >= 0.6 is 0 Å². The molecule has 66 valence electrons. The second-order valence-electron chi connectivity index (χ2n) is 2.24. The molecule has 4 heteroatoms. The second kappa shape index (κ2) is 4.36. The molecule has 0 amide bonds. The van der Waals surface area contributed by atoms with Crippen LogP contribution in [0, 0.1) is 5.92 Å². The van der Waals surface area contributed by atoms with E-state index in [0.29, 0.717) is 0 Å². The Hall–Kier alpha value is -0.540. The Morgan fingerprint density at radius 3 is 2.27 bits per heavy atom. The van der Waals surface area contributed by atoms with E-state index in [9.17, 15) is 17.6 Å². The maximum atomic E-state index is 11.7. The van der Waals surface area contributed by atoms with Crippen LogP contribution in [0.1, 0.15) is 13.3 Å². The van der Waals surface area contributed by atoms with Crippen molar-refractivity contribution in [3.8, 4) is 0 Å². The summed E-state index contributed by atoms with van der Waals surface area (Å²) in [5.41, 5.74) is 0. The molecule has 0 bridgehead atoms. The van der Waals surface area contributed by atoms with Gasteiger partial charge in [0.25, 0.3) is 0 Å². The lowest BCUT2D eigenvalue weighted by molar-refractivity contribution is -0.156. The molecule has 0 aromatic rings. The minimum Gasteiger partial charge on any atom is -0.251 e. The number of halogens is 4. The highest BCUT2D eigenvalue weighted by Gasteiger charge is 2.33. The molecule has 0 aromatic carbocycles. The summed E-state index contributed by atoms with van der Waals surface area (Å²) in [5.74, 6) is -1.48. The fourth-order valence-electron chi connectivity index (χ4n) is 0.472. The highest BCUT2D eigenvalue weighted by Crippen LogP contribution is 2.26. The van der Waals surface area contributed by atoms with Crippen LogP contribution in [0.3, 0.4) is 0 Å². The third kappa shape index (κ3) is 4.81. The van der Waals surface area contributed by atoms with Crippen molar-refractivity contribution in [1.29, 1.82) is 0 Å². The van der Waals surface area contributed by atoms with E-state index in [0.717, 1.165) is 13.0 Å². The third-order valence-corrected chi connectivity index (χ3v) is 1.22. The van der Waals surface area contributed by atoms with Crippen LogP contribution in [0.2, 0.25) is 0 Å². The van der Waals surface area contributed by atoms with Gasteiger partial charge in [0.15, 0.2) is 0 Å². The highest BCUT2D eigenvalue weighted by atomic mass is 19.4. The minimum atomic E-state index is -4.20. The molecule has 0 N–H and O–H groups in total. The van der Waals surface area contributed by atoms with Gasteiger partial charge in [-0.15, -0.1) is 0 Å². The molecule has 0 aliphatic carbocycles. The topological polar surface area (TPSA) is 0 Å². The van der Waals surface area contributed by atoms with Gasteiger partial charge in [-0.25, -0.2) is 0 Å². The summed E-state index contributed by atoms with van der Waals surface area (Å²) in [6, 6.07) is 0. The van der Waals surface area contributed by atoms with Crippen molar-refractivity contribution in [2.45, 2.75) is 19.5 Å². The monoisotopic (exact) mass is 170 g/mol. The smallest absolute Gasteiger partial charge is 0.251 e. The van der Waals surface area contributed by atoms with E-state index in [1.54, 1.807) is 0 Å². The Labute approximate surface area is 62.9 Å². The molecular weight excluding hydrogens is 160 g/mol. The number of hydrogen-bond acceptors (Lipinski definition) is 0. The number of hydrogen-bond donors (Lipinski definition) is 0. The summed E-state index contributed by atoms with van der Waals surface area (Å²) < 4.78 is 46.6. The van der Waals surface area contributed by atoms with Crippen LogP contribution in [0.15, 0.2) is 12.2 Å². The molecule has 0 nitrogen and oxygen atoms in total. The molecule has 0 aromatic heterocycles. The van der Waals surface area contributed by atoms with Crippen molar-refractivity contribution in [2.75, 3.05) is 6.67 Å². The summed E-state index contributed by atoms with van der Waals surface area (Å²) in [6.45, 7) is 0.426. The zero-order valence-corrected chi connectivity index (χ0v) is 6.16. The van der Waals surface area contributed by atoms with Crippen molar-refractivity contribution in [3.05, 3.63) is 12.2 Å². The fraction of sp³-hybridized carbons (Fsp3) is 0.714. The van der Waals surface area contributed by atoms with Crippen LogP contribution in [0.5, 0.6) is 0 Å². The lowest BCUT2D eigenvalue weighted by Gasteiger charge is -2.10. The molecule has 0 radical (unpaired) electrons.